The lowest BCUT2D eigenvalue weighted by Crippen LogP contribution is -2.19. The smallest absolute Gasteiger partial charge is 0.323 e. The van der Waals surface area contributed by atoms with E-state index in [9.17, 15) is 9.59 Å². The van der Waals surface area contributed by atoms with E-state index in [0.29, 0.717) is 5.69 Å². The summed E-state index contributed by atoms with van der Waals surface area (Å²) in [5.74, 6) is -1.03. The van der Waals surface area contributed by atoms with E-state index in [1.165, 1.54) is 15.9 Å². The molecule has 0 saturated carbocycles. The van der Waals surface area contributed by atoms with Gasteiger partial charge in [-0.1, -0.05) is 11.3 Å². The number of carboxylic acids is 1. The highest BCUT2D eigenvalue weighted by atomic mass is 32.1. The molecule has 0 aliphatic rings. The molecule has 7 heteroatoms. The molecule has 2 heterocycles. The van der Waals surface area contributed by atoms with Crippen molar-refractivity contribution in [1.82, 2.24) is 9.55 Å². The largest absolute Gasteiger partial charge is 0.480 e. The van der Waals surface area contributed by atoms with Crippen LogP contribution in [-0.2, 0) is 11.3 Å². The topological polar surface area (TPSA) is 72.2 Å². The Labute approximate surface area is 92.3 Å². The van der Waals surface area contributed by atoms with Crippen molar-refractivity contribution in [3.05, 3.63) is 26.8 Å². The molecule has 0 saturated heterocycles. The predicted molar refractivity (Wildman–Crippen MR) is 57.3 cm³/mol. The lowest BCUT2D eigenvalue weighted by molar-refractivity contribution is -0.137. The van der Waals surface area contributed by atoms with E-state index in [1.807, 2.05) is 0 Å². The normalized spacial score (nSPS) is 10.4. The average molecular weight is 242 g/mol. The number of hydrogen-bond acceptors (Lipinski definition) is 5. The van der Waals surface area contributed by atoms with Crippen LogP contribution in [0, 0.1) is 0 Å². The van der Waals surface area contributed by atoms with Crippen molar-refractivity contribution in [2.45, 2.75) is 6.54 Å². The van der Waals surface area contributed by atoms with Crippen LogP contribution in [0.3, 0.4) is 0 Å². The van der Waals surface area contributed by atoms with Crippen LogP contribution < -0.4 is 4.87 Å². The maximum Gasteiger partial charge on any atom is 0.323 e. The van der Waals surface area contributed by atoms with Gasteiger partial charge in [-0.15, -0.1) is 11.3 Å². The monoisotopic (exact) mass is 242 g/mol. The average Bonchev–Trinajstić information content (AvgIpc) is 2.76. The van der Waals surface area contributed by atoms with Crippen molar-refractivity contribution in [1.29, 1.82) is 0 Å². The molecule has 2 aromatic heterocycles. The van der Waals surface area contributed by atoms with Gasteiger partial charge < -0.3 is 5.11 Å². The standard InChI is InChI=1S/C8H6N2O3S2/c11-7(12)2-10-5(3-14-8(10)13)6-1-9-4-15-6/h1,3-4H,2H2,(H,11,12). The predicted octanol–water partition coefficient (Wildman–Crippen LogP) is 1.12. The first kappa shape index (κ1) is 10.1. The van der Waals surface area contributed by atoms with Gasteiger partial charge in [0.15, 0.2) is 0 Å². The number of nitrogens with zero attached hydrogens (tertiary/aromatic N) is 2. The molecule has 2 aromatic rings. The Morgan fingerprint density at radius 3 is 2.93 bits per heavy atom. The highest BCUT2D eigenvalue weighted by Gasteiger charge is 2.12. The molecule has 1 N–H and O–H groups in total. The molecule has 0 fully saturated rings. The Morgan fingerprint density at radius 2 is 2.33 bits per heavy atom. The summed E-state index contributed by atoms with van der Waals surface area (Å²) in [5.41, 5.74) is 2.26. The van der Waals surface area contributed by atoms with Gasteiger partial charge in [0.05, 0.1) is 16.1 Å². The van der Waals surface area contributed by atoms with Crippen molar-refractivity contribution in [2.24, 2.45) is 0 Å². The van der Waals surface area contributed by atoms with Crippen LogP contribution >= 0.6 is 22.7 Å². The summed E-state index contributed by atoms with van der Waals surface area (Å²) in [6.45, 7) is -0.310. The zero-order chi connectivity index (χ0) is 10.8. The molecule has 15 heavy (non-hydrogen) atoms. The van der Waals surface area contributed by atoms with E-state index < -0.39 is 5.97 Å². The van der Waals surface area contributed by atoms with E-state index in [1.54, 1.807) is 17.1 Å². The molecule has 0 spiro atoms. The number of aromatic nitrogens is 2. The summed E-state index contributed by atoms with van der Waals surface area (Å²) < 4.78 is 1.24. The van der Waals surface area contributed by atoms with E-state index in [-0.39, 0.29) is 11.4 Å². The summed E-state index contributed by atoms with van der Waals surface area (Å²) >= 11 is 2.37. The first-order valence-corrected chi connectivity index (χ1v) is 5.73. The quantitative estimate of drug-likeness (QED) is 0.875. The first-order chi connectivity index (χ1) is 7.18. The summed E-state index contributed by atoms with van der Waals surface area (Å²) in [7, 11) is 0. The Bertz CT molecular complexity index is 526. The number of hydrogen-bond donors (Lipinski definition) is 1. The number of carboxylic acid groups (broad SMARTS) is 1. The fourth-order valence-electron chi connectivity index (χ4n) is 1.15. The maximum absolute atomic E-state index is 11.4. The minimum Gasteiger partial charge on any atom is -0.480 e. The summed E-state index contributed by atoms with van der Waals surface area (Å²) in [5, 5.41) is 10.3. The Hall–Kier alpha value is -1.47. The fourth-order valence-corrected chi connectivity index (χ4v) is 2.63. The number of rotatable bonds is 3. The third kappa shape index (κ3) is 1.97. The molecule has 78 valence electrons. The van der Waals surface area contributed by atoms with Crippen LogP contribution in [-0.4, -0.2) is 20.6 Å². The molecule has 0 atom stereocenters. The van der Waals surface area contributed by atoms with Crippen LogP contribution in [0.1, 0.15) is 0 Å². The van der Waals surface area contributed by atoms with Gasteiger partial charge in [-0.05, 0) is 0 Å². The molecule has 2 rings (SSSR count). The van der Waals surface area contributed by atoms with Gasteiger partial charge in [0.25, 0.3) is 0 Å². The third-order valence-electron chi connectivity index (χ3n) is 1.76. The molecule has 0 amide bonds. The SMILES string of the molecule is O=C(O)Cn1c(-c2cncs2)csc1=O. The van der Waals surface area contributed by atoms with Gasteiger partial charge in [0, 0.05) is 11.6 Å². The van der Waals surface area contributed by atoms with Crippen molar-refractivity contribution in [3.63, 3.8) is 0 Å². The second kappa shape index (κ2) is 3.95. The van der Waals surface area contributed by atoms with Crippen LogP contribution in [0.4, 0.5) is 0 Å². The molecule has 5 nitrogen and oxygen atoms in total. The molecule has 0 aliphatic carbocycles. The lowest BCUT2D eigenvalue weighted by atomic mass is 10.4. The molecule has 0 radical (unpaired) electrons. The van der Waals surface area contributed by atoms with Crippen molar-refractivity contribution in [2.75, 3.05) is 0 Å². The van der Waals surface area contributed by atoms with E-state index in [0.717, 1.165) is 16.2 Å². The van der Waals surface area contributed by atoms with Crippen LogP contribution in [0.15, 0.2) is 21.9 Å². The molecule has 0 unspecified atom stereocenters. The van der Waals surface area contributed by atoms with Gasteiger partial charge in [0.2, 0.25) is 0 Å². The molecule has 0 aromatic carbocycles. The van der Waals surface area contributed by atoms with Gasteiger partial charge in [-0.25, -0.2) is 0 Å². The zero-order valence-electron chi connectivity index (χ0n) is 7.41. The summed E-state index contributed by atoms with van der Waals surface area (Å²) in [4.78, 5) is 26.4. The van der Waals surface area contributed by atoms with Gasteiger partial charge in [-0.2, -0.15) is 0 Å². The Kier molecular flexibility index (Phi) is 2.65. The van der Waals surface area contributed by atoms with E-state index in [4.69, 9.17) is 5.11 Å². The molecule has 0 bridgehead atoms. The van der Waals surface area contributed by atoms with Crippen LogP contribution in [0.2, 0.25) is 0 Å². The molecular weight excluding hydrogens is 236 g/mol. The minimum absolute atomic E-state index is 0.263. The number of aliphatic carboxylic acids is 1. The van der Waals surface area contributed by atoms with Gasteiger partial charge >= 0.3 is 10.8 Å². The van der Waals surface area contributed by atoms with E-state index in [2.05, 4.69) is 4.98 Å². The highest BCUT2D eigenvalue weighted by Crippen LogP contribution is 2.23. The number of carbonyl (C=O) groups is 1. The zero-order valence-corrected chi connectivity index (χ0v) is 9.05. The third-order valence-corrected chi connectivity index (χ3v) is 3.32. The summed E-state index contributed by atoms with van der Waals surface area (Å²) in [6, 6.07) is 0. The summed E-state index contributed by atoms with van der Waals surface area (Å²) in [6.07, 6.45) is 1.62. The lowest BCUT2D eigenvalue weighted by Gasteiger charge is -2.00. The van der Waals surface area contributed by atoms with Crippen molar-refractivity contribution >= 4 is 28.6 Å². The molecule has 0 aliphatic heterocycles. The first-order valence-electron chi connectivity index (χ1n) is 3.97. The second-order valence-electron chi connectivity index (χ2n) is 2.73. The minimum atomic E-state index is -1.03. The van der Waals surface area contributed by atoms with Crippen LogP contribution in [0.25, 0.3) is 10.6 Å². The van der Waals surface area contributed by atoms with Gasteiger partial charge in [-0.3, -0.25) is 19.1 Å². The fraction of sp³-hybridized carbons (Fsp3) is 0.125. The van der Waals surface area contributed by atoms with Gasteiger partial charge in [0.1, 0.15) is 6.54 Å². The van der Waals surface area contributed by atoms with Crippen molar-refractivity contribution < 1.29 is 9.90 Å². The van der Waals surface area contributed by atoms with Crippen molar-refractivity contribution in [3.8, 4) is 10.6 Å². The Morgan fingerprint density at radius 1 is 1.53 bits per heavy atom. The Balaban J connectivity index is 2.49. The highest BCUT2D eigenvalue weighted by molar-refractivity contribution is 7.13. The second-order valence-corrected chi connectivity index (χ2v) is 4.44. The van der Waals surface area contributed by atoms with Crippen LogP contribution in [0.5, 0.6) is 0 Å². The molecular formula is C8H6N2O3S2. The maximum atomic E-state index is 11.4. The van der Waals surface area contributed by atoms with E-state index >= 15 is 0 Å². The number of thiazole rings is 2.